The first-order valence-corrected chi connectivity index (χ1v) is 2.60. The van der Waals surface area contributed by atoms with Crippen LogP contribution in [0.25, 0.3) is 0 Å². The van der Waals surface area contributed by atoms with Crippen LogP contribution in [-0.4, -0.2) is 4.98 Å². The summed E-state index contributed by atoms with van der Waals surface area (Å²) in [7, 11) is 0. The summed E-state index contributed by atoms with van der Waals surface area (Å²) >= 11 is 0. The minimum Gasteiger partial charge on any atom is -0.301 e. The van der Waals surface area contributed by atoms with Crippen LogP contribution in [0.3, 0.4) is 0 Å². The van der Waals surface area contributed by atoms with E-state index in [0.29, 0.717) is 0 Å². The molecular formula is C7H8NRb. The predicted molar refractivity (Wildman–Crippen MR) is 32.5 cm³/mol. The molecule has 1 aromatic heterocycles. The number of aromatic nitrogens is 1. The van der Waals surface area contributed by atoms with Gasteiger partial charge in [-0.05, 0) is 12.6 Å². The number of hydrogen-bond donors (Lipinski definition) is 0. The van der Waals surface area contributed by atoms with Crippen molar-refractivity contribution in [2.75, 3.05) is 0 Å². The van der Waals surface area contributed by atoms with Crippen LogP contribution in [0.5, 0.6) is 0 Å². The molecular weight excluding hydrogens is 184 g/mol. The fourth-order valence-corrected chi connectivity index (χ4v) is 0.628. The third kappa shape index (κ3) is 3.61. The average Bonchev–Trinajstić information content (AvgIpc) is 1.64. The predicted octanol–water partition coefficient (Wildman–Crippen LogP) is -1.50. The Morgan fingerprint density at radius 2 is 2.11 bits per heavy atom. The summed E-state index contributed by atoms with van der Waals surface area (Å²) < 4.78 is 0. The first kappa shape index (κ1) is 9.96. The molecule has 42 valence electrons. The van der Waals surface area contributed by atoms with E-state index in [1.165, 1.54) is 0 Å². The van der Waals surface area contributed by atoms with Gasteiger partial charge in [0.15, 0.2) is 0 Å². The van der Waals surface area contributed by atoms with Crippen molar-refractivity contribution in [3.63, 3.8) is 0 Å². The van der Waals surface area contributed by atoms with Crippen molar-refractivity contribution in [1.29, 1.82) is 0 Å². The summed E-state index contributed by atoms with van der Waals surface area (Å²) in [5.41, 5.74) is 2.21. The molecule has 0 aliphatic rings. The van der Waals surface area contributed by atoms with E-state index in [0.717, 1.165) is 11.3 Å². The number of nitrogens with zero attached hydrogens (tertiary/aromatic N) is 1. The average molecular weight is 192 g/mol. The quantitative estimate of drug-likeness (QED) is 0.455. The molecule has 2 heteroatoms. The second-order valence-corrected chi connectivity index (χ2v) is 1.87. The van der Waals surface area contributed by atoms with Crippen molar-refractivity contribution in [1.82, 2.24) is 4.98 Å². The smallest absolute Gasteiger partial charge is 0.301 e. The standard InChI is InChI=1S/C7H8N.Rb/c1-6-3-4-8-7(2)5-6;/h4-5H,1-2H3;/q-1;+1. The Balaban J connectivity index is 0.000000640. The molecule has 0 N–H and O–H groups in total. The monoisotopic (exact) mass is 191 g/mol. The maximum absolute atomic E-state index is 3.98. The molecule has 0 unspecified atom stereocenters. The zero-order valence-electron chi connectivity index (χ0n) is 6.10. The van der Waals surface area contributed by atoms with Gasteiger partial charge in [-0.25, -0.2) is 11.6 Å². The Hall–Kier alpha value is 0.955. The summed E-state index contributed by atoms with van der Waals surface area (Å²) in [4.78, 5) is 3.98. The Kier molecular flexibility index (Phi) is 5.22. The SMILES string of the molecule is Cc1[c-]cnc(C)c1.[Rb+]. The molecule has 0 aliphatic carbocycles. The van der Waals surface area contributed by atoms with Crippen LogP contribution in [0.15, 0.2) is 12.3 Å². The van der Waals surface area contributed by atoms with Crippen LogP contribution in [0.1, 0.15) is 11.3 Å². The van der Waals surface area contributed by atoms with Crippen LogP contribution in [-0.2, 0) is 0 Å². The van der Waals surface area contributed by atoms with Gasteiger partial charge in [0.25, 0.3) is 0 Å². The van der Waals surface area contributed by atoms with E-state index in [-0.39, 0.29) is 58.2 Å². The topological polar surface area (TPSA) is 12.9 Å². The third-order valence-corrected chi connectivity index (χ3v) is 0.986. The minimum absolute atomic E-state index is 0. The van der Waals surface area contributed by atoms with E-state index in [2.05, 4.69) is 11.1 Å². The molecule has 0 spiro atoms. The molecule has 1 rings (SSSR count). The van der Waals surface area contributed by atoms with E-state index < -0.39 is 0 Å². The van der Waals surface area contributed by atoms with Gasteiger partial charge < -0.3 is 4.98 Å². The van der Waals surface area contributed by atoms with Gasteiger partial charge in [0, 0.05) is 0 Å². The molecule has 0 atom stereocenters. The number of hydrogen-bond acceptors (Lipinski definition) is 1. The molecule has 0 fully saturated rings. The van der Waals surface area contributed by atoms with E-state index in [1.54, 1.807) is 6.20 Å². The normalized spacial score (nSPS) is 8.22. The fourth-order valence-electron chi connectivity index (χ4n) is 0.628. The van der Waals surface area contributed by atoms with Crippen LogP contribution in [0, 0.1) is 19.9 Å². The summed E-state index contributed by atoms with van der Waals surface area (Å²) in [6.07, 6.45) is 1.70. The van der Waals surface area contributed by atoms with Crippen molar-refractivity contribution in [3.8, 4) is 0 Å². The number of aryl methyl sites for hydroxylation is 2. The molecule has 0 radical (unpaired) electrons. The molecule has 1 nitrogen and oxygen atoms in total. The molecule has 0 saturated heterocycles. The van der Waals surface area contributed by atoms with Gasteiger partial charge in [-0.3, -0.25) is 0 Å². The Labute approximate surface area is 105 Å². The van der Waals surface area contributed by atoms with Crippen molar-refractivity contribution < 1.29 is 58.2 Å². The van der Waals surface area contributed by atoms with Gasteiger partial charge in [0.2, 0.25) is 0 Å². The maximum atomic E-state index is 3.98. The third-order valence-electron chi connectivity index (χ3n) is 0.986. The molecule has 0 aliphatic heterocycles. The Bertz CT molecular complexity index is 169. The molecule has 0 aromatic carbocycles. The van der Waals surface area contributed by atoms with E-state index >= 15 is 0 Å². The van der Waals surface area contributed by atoms with Crippen LogP contribution in [0.4, 0.5) is 0 Å². The second-order valence-electron chi connectivity index (χ2n) is 1.87. The largest absolute Gasteiger partial charge is 1.00 e. The second kappa shape index (κ2) is 4.72. The summed E-state index contributed by atoms with van der Waals surface area (Å²) in [6.45, 7) is 3.98. The van der Waals surface area contributed by atoms with Crippen molar-refractivity contribution >= 4 is 0 Å². The summed E-state index contributed by atoms with van der Waals surface area (Å²) in [5, 5.41) is 0. The van der Waals surface area contributed by atoms with Crippen LogP contribution in [0.2, 0.25) is 0 Å². The fraction of sp³-hybridized carbons (Fsp3) is 0.286. The van der Waals surface area contributed by atoms with Crippen LogP contribution >= 0.6 is 0 Å². The van der Waals surface area contributed by atoms with Gasteiger partial charge in [0.05, 0.1) is 0 Å². The molecule has 0 saturated carbocycles. The molecule has 1 heterocycles. The van der Waals surface area contributed by atoms with Crippen molar-refractivity contribution in [2.24, 2.45) is 0 Å². The number of rotatable bonds is 0. The van der Waals surface area contributed by atoms with Crippen molar-refractivity contribution in [3.05, 3.63) is 29.6 Å². The minimum atomic E-state index is 0. The van der Waals surface area contributed by atoms with Gasteiger partial charge >= 0.3 is 58.2 Å². The molecule has 9 heavy (non-hydrogen) atoms. The maximum Gasteiger partial charge on any atom is 1.00 e. The van der Waals surface area contributed by atoms with Gasteiger partial charge in [-0.2, -0.15) is 6.07 Å². The Morgan fingerprint density at radius 3 is 2.44 bits per heavy atom. The van der Waals surface area contributed by atoms with Gasteiger partial charge in [-0.15, -0.1) is 0 Å². The first-order chi connectivity index (χ1) is 3.79. The van der Waals surface area contributed by atoms with E-state index in [4.69, 9.17) is 0 Å². The number of pyridine rings is 1. The van der Waals surface area contributed by atoms with E-state index in [9.17, 15) is 0 Å². The zero-order chi connectivity index (χ0) is 5.98. The van der Waals surface area contributed by atoms with Gasteiger partial charge in [0.1, 0.15) is 0 Å². The van der Waals surface area contributed by atoms with Gasteiger partial charge in [-0.1, -0.05) is 13.1 Å². The zero-order valence-corrected chi connectivity index (χ0v) is 11.0. The van der Waals surface area contributed by atoms with Crippen LogP contribution < -0.4 is 58.2 Å². The van der Waals surface area contributed by atoms with E-state index in [1.807, 2.05) is 19.9 Å². The summed E-state index contributed by atoms with van der Waals surface area (Å²) in [5.74, 6) is 0. The first-order valence-electron chi connectivity index (χ1n) is 2.60. The molecule has 0 amide bonds. The molecule has 1 aromatic rings. The Morgan fingerprint density at radius 1 is 1.44 bits per heavy atom. The summed E-state index contributed by atoms with van der Waals surface area (Å²) in [6, 6.07) is 4.96. The van der Waals surface area contributed by atoms with Crippen molar-refractivity contribution in [2.45, 2.75) is 13.8 Å². The molecule has 0 bridgehead atoms.